The number of carbonyl (C=O) groups excluding carboxylic acids is 2. The van der Waals surface area contributed by atoms with E-state index in [2.05, 4.69) is 9.97 Å². The molecular formula is C29H30ClN5O5. The van der Waals surface area contributed by atoms with Gasteiger partial charge in [-0.1, -0.05) is 17.7 Å². The van der Waals surface area contributed by atoms with Crippen LogP contribution in [0.1, 0.15) is 33.6 Å². The zero-order valence-corrected chi connectivity index (χ0v) is 23.6. The van der Waals surface area contributed by atoms with Crippen molar-refractivity contribution in [1.82, 2.24) is 19.4 Å². The Morgan fingerprint density at radius 1 is 1.10 bits per heavy atom. The van der Waals surface area contributed by atoms with Gasteiger partial charge in [-0.25, -0.2) is 19.6 Å². The lowest BCUT2D eigenvalue weighted by Crippen LogP contribution is -2.49. The highest BCUT2D eigenvalue weighted by Gasteiger charge is 2.49. The van der Waals surface area contributed by atoms with Crippen molar-refractivity contribution in [3.05, 3.63) is 53.9 Å². The van der Waals surface area contributed by atoms with Crippen LogP contribution in [0.5, 0.6) is 5.75 Å². The molecule has 2 aromatic carbocycles. The number of carbonyl (C=O) groups is 2. The first-order valence-corrected chi connectivity index (χ1v) is 13.5. The molecule has 0 aliphatic carbocycles. The van der Waals surface area contributed by atoms with E-state index < -0.39 is 17.3 Å². The van der Waals surface area contributed by atoms with Crippen LogP contribution in [0.4, 0.5) is 15.3 Å². The number of ether oxygens (including phenoxy) is 3. The first kappa shape index (κ1) is 26.2. The van der Waals surface area contributed by atoms with E-state index in [9.17, 15) is 9.59 Å². The van der Waals surface area contributed by atoms with Crippen molar-refractivity contribution >= 4 is 51.3 Å². The maximum absolute atomic E-state index is 13.3. The molecule has 0 unspecified atom stereocenters. The number of amides is 2. The van der Waals surface area contributed by atoms with Crippen LogP contribution in [-0.4, -0.2) is 69.6 Å². The maximum atomic E-state index is 13.3. The molecule has 2 aliphatic rings. The summed E-state index contributed by atoms with van der Waals surface area (Å²) in [6.45, 7) is 6.73. The average molecular weight is 564 g/mol. The number of benzene rings is 2. The van der Waals surface area contributed by atoms with Crippen LogP contribution >= 0.6 is 11.6 Å². The van der Waals surface area contributed by atoms with Gasteiger partial charge in [0.05, 0.1) is 30.4 Å². The largest absolute Gasteiger partial charge is 0.494 e. The van der Waals surface area contributed by atoms with Crippen molar-refractivity contribution < 1.29 is 23.8 Å². The molecule has 2 fully saturated rings. The van der Waals surface area contributed by atoms with Crippen molar-refractivity contribution in [3.8, 4) is 11.6 Å². The zero-order chi connectivity index (χ0) is 28.2. The first-order chi connectivity index (χ1) is 19.1. The van der Waals surface area contributed by atoms with E-state index in [1.165, 1.54) is 6.33 Å². The molecule has 11 heteroatoms. The number of piperidine rings is 1. The second-order valence-corrected chi connectivity index (χ2v) is 11.6. The van der Waals surface area contributed by atoms with E-state index in [1.807, 2.05) is 61.9 Å². The fourth-order valence-electron chi connectivity index (χ4n) is 5.43. The molecule has 1 spiro atoms. The molecule has 0 saturated carbocycles. The topological polar surface area (TPSA) is 99.0 Å². The summed E-state index contributed by atoms with van der Waals surface area (Å²) in [7, 11) is 1.56. The summed E-state index contributed by atoms with van der Waals surface area (Å²) < 4.78 is 19.1. The molecule has 2 amide bonds. The van der Waals surface area contributed by atoms with Gasteiger partial charge in [0.2, 0.25) is 0 Å². The Kier molecular flexibility index (Phi) is 6.25. The number of fused-ring (bicyclic) bond motifs is 2. The van der Waals surface area contributed by atoms with Gasteiger partial charge in [0.25, 0.3) is 0 Å². The van der Waals surface area contributed by atoms with Crippen molar-refractivity contribution in [1.29, 1.82) is 0 Å². The monoisotopic (exact) mass is 563 g/mol. The number of methoxy groups -OCH3 is 1. The SMILES string of the molecule is COc1cc2ncnc(-n3ccc4c(Cl)cccc43)c2cc1N1CC2(CCN(C(=O)OC(C)(C)C)CC2)OC1=O. The molecule has 208 valence electrons. The van der Waals surface area contributed by atoms with E-state index >= 15 is 0 Å². The third-order valence-corrected chi connectivity index (χ3v) is 7.74. The number of hydrogen-bond acceptors (Lipinski definition) is 7. The molecule has 4 heterocycles. The van der Waals surface area contributed by atoms with Crippen LogP contribution in [0.15, 0.2) is 48.9 Å². The molecule has 4 aromatic rings. The third-order valence-electron chi connectivity index (χ3n) is 7.41. The van der Waals surface area contributed by atoms with Gasteiger partial charge in [-0.3, -0.25) is 4.90 Å². The van der Waals surface area contributed by atoms with Crippen molar-refractivity contribution in [2.75, 3.05) is 31.6 Å². The summed E-state index contributed by atoms with van der Waals surface area (Å²) in [5.74, 6) is 1.15. The van der Waals surface area contributed by atoms with Crippen LogP contribution in [-0.2, 0) is 9.47 Å². The Balaban J connectivity index is 1.33. The molecule has 2 saturated heterocycles. The standard InChI is InChI=1S/C29H30ClN5O5/c1-28(2,3)39-26(36)33-12-9-29(10-13-33)16-35(27(37)40-29)23-14-19-21(15-24(23)38-4)31-17-32-25(19)34-11-8-18-20(30)6-5-7-22(18)34/h5-8,11,14-15,17H,9-10,12-13,16H2,1-4H3. The smallest absolute Gasteiger partial charge is 0.415 e. The Morgan fingerprint density at radius 2 is 1.88 bits per heavy atom. The maximum Gasteiger partial charge on any atom is 0.415 e. The van der Waals surface area contributed by atoms with Gasteiger partial charge in [0.1, 0.15) is 29.1 Å². The Morgan fingerprint density at radius 3 is 2.60 bits per heavy atom. The van der Waals surface area contributed by atoms with E-state index in [1.54, 1.807) is 23.0 Å². The second-order valence-electron chi connectivity index (χ2n) is 11.2. The number of anilines is 1. The van der Waals surface area contributed by atoms with Crippen molar-refractivity contribution in [2.45, 2.75) is 44.8 Å². The highest BCUT2D eigenvalue weighted by Crippen LogP contribution is 2.41. The molecule has 2 aromatic heterocycles. The van der Waals surface area contributed by atoms with Crippen LogP contribution in [0.3, 0.4) is 0 Å². The van der Waals surface area contributed by atoms with Gasteiger partial charge in [0, 0.05) is 54.0 Å². The molecule has 6 rings (SSSR count). The second kappa shape index (κ2) is 9.55. The van der Waals surface area contributed by atoms with Gasteiger partial charge >= 0.3 is 12.2 Å². The van der Waals surface area contributed by atoms with E-state index in [4.69, 9.17) is 25.8 Å². The van der Waals surface area contributed by atoms with Gasteiger partial charge in [-0.2, -0.15) is 0 Å². The molecule has 0 atom stereocenters. The summed E-state index contributed by atoms with van der Waals surface area (Å²) >= 11 is 6.42. The Labute approximate surface area is 236 Å². The summed E-state index contributed by atoms with van der Waals surface area (Å²) in [5, 5.41) is 2.30. The predicted octanol–water partition coefficient (Wildman–Crippen LogP) is 5.96. The lowest BCUT2D eigenvalue weighted by Gasteiger charge is -2.37. The third kappa shape index (κ3) is 4.56. The zero-order valence-electron chi connectivity index (χ0n) is 22.8. The molecular weight excluding hydrogens is 534 g/mol. The minimum Gasteiger partial charge on any atom is -0.494 e. The lowest BCUT2D eigenvalue weighted by atomic mass is 9.91. The number of nitrogens with zero attached hydrogens (tertiary/aromatic N) is 5. The summed E-state index contributed by atoms with van der Waals surface area (Å²) in [6, 6.07) is 11.3. The van der Waals surface area contributed by atoms with Gasteiger partial charge < -0.3 is 23.7 Å². The van der Waals surface area contributed by atoms with E-state index in [0.29, 0.717) is 60.3 Å². The number of halogens is 1. The van der Waals surface area contributed by atoms with Crippen molar-refractivity contribution in [3.63, 3.8) is 0 Å². The summed E-state index contributed by atoms with van der Waals surface area (Å²) in [4.78, 5) is 38.1. The van der Waals surface area contributed by atoms with Gasteiger partial charge in [0.15, 0.2) is 0 Å². The van der Waals surface area contributed by atoms with Gasteiger partial charge in [-0.15, -0.1) is 0 Å². The number of likely N-dealkylation sites (tertiary alicyclic amines) is 1. The fraction of sp³-hybridized carbons (Fsp3) is 0.379. The molecule has 0 bridgehead atoms. The van der Waals surface area contributed by atoms with Crippen LogP contribution in [0.25, 0.3) is 27.6 Å². The minimum absolute atomic E-state index is 0.334. The molecule has 0 N–H and O–H groups in total. The van der Waals surface area contributed by atoms with Crippen LogP contribution < -0.4 is 9.64 Å². The molecule has 2 aliphatic heterocycles. The number of aromatic nitrogens is 3. The normalized spacial score (nSPS) is 17.1. The summed E-state index contributed by atoms with van der Waals surface area (Å²) in [6.07, 6.45) is 3.62. The Hall–Kier alpha value is -4.05. The van der Waals surface area contributed by atoms with Crippen LogP contribution in [0.2, 0.25) is 5.02 Å². The van der Waals surface area contributed by atoms with E-state index in [0.717, 1.165) is 16.3 Å². The quantitative estimate of drug-likeness (QED) is 0.303. The van der Waals surface area contributed by atoms with Gasteiger partial charge in [-0.05, 0) is 45.0 Å². The van der Waals surface area contributed by atoms with Crippen molar-refractivity contribution in [2.24, 2.45) is 0 Å². The minimum atomic E-state index is -0.709. The highest BCUT2D eigenvalue weighted by atomic mass is 35.5. The van der Waals surface area contributed by atoms with E-state index in [-0.39, 0.29) is 6.09 Å². The highest BCUT2D eigenvalue weighted by molar-refractivity contribution is 6.35. The average Bonchev–Trinajstić information content (AvgIpc) is 3.48. The number of rotatable bonds is 3. The Bertz CT molecular complexity index is 1640. The molecule has 10 nitrogen and oxygen atoms in total. The van der Waals surface area contributed by atoms with Crippen LogP contribution in [0, 0.1) is 0 Å². The fourth-order valence-corrected chi connectivity index (χ4v) is 5.66. The summed E-state index contributed by atoms with van der Waals surface area (Å²) in [5.41, 5.74) is 0.858. The first-order valence-electron chi connectivity index (χ1n) is 13.1. The molecule has 40 heavy (non-hydrogen) atoms. The number of hydrogen-bond donors (Lipinski definition) is 0. The molecule has 0 radical (unpaired) electrons. The lowest BCUT2D eigenvalue weighted by molar-refractivity contribution is -0.0167. The predicted molar refractivity (Wildman–Crippen MR) is 152 cm³/mol.